The number of carbonyl (C=O) groups excluding carboxylic acids is 2. The third-order valence-corrected chi connectivity index (χ3v) is 3.68. The van der Waals surface area contributed by atoms with Crippen molar-refractivity contribution in [3.8, 4) is 5.88 Å². The minimum Gasteiger partial charge on any atom is -0.543 e. The number of carboxylic acids is 2. The Morgan fingerprint density at radius 1 is 1.14 bits per heavy atom. The van der Waals surface area contributed by atoms with Crippen LogP contribution in [0.25, 0.3) is 5.57 Å². The molecule has 0 N–H and O–H groups in total. The zero-order valence-electron chi connectivity index (χ0n) is 16.6. The average Bonchev–Trinajstić information content (AvgIpc) is 3.07. The Bertz CT molecular complexity index is 604. The maximum atomic E-state index is 8.93. The van der Waals surface area contributed by atoms with Crippen LogP contribution in [0.1, 0.15) is 12.1 Å². The number of ether oxygens (including phenoxy) is 3. The van der Waals surface area contributed by atoms with E-state index in [0.29, 0.717) is 32.3 Å². The molecular formula is C15H21N3Na2O7S. The Morgan fingerprint density at radius 3 is 2.36 bits per heavy atom. The summed E-state index contributed by atoms with van der Waals surface area (Å²) in [5.74, 6) is -3.75. The van der Waals surface area contributed by atoms with Crippen molar-refractivity contribution in [2.24, 2.45) is 0 Å². The summed E-state index contributed by atoms with van der Waals surface area (Å²) in [6.07, 6.45) is 3.27. The van der Waals surface area contributed by atoms with Crippen LogP contribution in [-0.4, -0.2) is 79.3 Å². The number of aliphatic carboxylic acids is 2. The molecule has 0 amide bonds. The molecule has 0 atom stereocenters. The number of aromatic nitrogens is 2. The number of carboxylic acid groups (broad SMARTS) is 2. The summed E-state index contributed by atoms with van der Waals surface area (Å²) < 4.78 is 24.5. The molecule has 0 bridgehead atoms. The fraction of sp³-hybridized carbons (Fsp3) is 0.600. The van der Waals surface area contributed by atoms with Crippen LogP contribution in [0.3, 0.4) is 0 Å². The van der Waals surface area contributed by atoms with Gasteiger partial charge in [0.15, 0.2) is 0 Å². The maximum Gasteiger partial charge on any atom is 1.00 e. The number of methoxy groups -OCH3 is 1. The van der Waals surface area contributed by atoms with E-state index >= 15 is 0 Å². The SMILES string of the molecule is COCCOCCOc1nsnc1C1=CCCN(C)C1.O=C([O-])C(=O)[O-].[Na+].[Na+]. The van der Waals surface area contributed by atoms with Crippen LogP contribution in [0.5, 0.6) is 5.88 Å². The van der Waals surface area contributed by atoms with Crippen molar-refractivity contribution in [1.82, 2.24) is 13.6 Å². The third kappa shape index (κ3) is 12.5. The topological polar surface area (TPSA) is 137 Å². The van der Waals surface area contributed by atoms with E-state index in [1.807, 2.05) is 0 Å². The number of nitrogens with zero attached hydrogens (tertiary/aromatic N) is 3. The molecule has 2 rings (SSSR count). The molecule has 0 aromatic carbocycles. The van der Waals surface area contributed by atoms with E-state index in [4.69, 9.17) is 34.0 Å². The van der Waals surface area contributed by atoms with Gasteiger partial charge < -0.3 is 38.9 Å². The summed E-state index contributed by atoms with van der Waals surface area (Å²) in [6.45, 7) is 4.17. The molecule has 1 aliphatic rings. The first-order valence-corrected chi connectivity index (χ1v) is 8.51. The van der Waals surface area contributed by atoms with E-state index in [9.17, 15) is 0 Å². The minimum atomic E-state index is -2.19. The Labute approximate surface area is 212 Å². The second kappa shape index (κ2) is 17.8. The first-order valence-electron chi connectivity index (χ1n) is 7.78. The number of carbonyl (C=O) groups is 2. The van der Waals surface area contributed by atoms with Gasteiger partial charge in [0, 0.05) is 20.2 Å². The molecule has 1 aromatic heterocycles. The Balaban J connectivity index is 0. The molecule has 0 fully saturated rings. The molecule has 10 nitrogen and oxygen atoms in total. The fourth-order valence-electron chi connectivity index (χ4n) is 1.98. The van der Waals surface area contributed by atoms with E-state index in [-0.39, 0.29) is 59.1 Å². The molecule has 1 aromatic rings. The molecule has 0 saturated carbocycles. The summed E-state index contributed by atoms with van der Waals surface area (Å²) in [5.41, 5.74) is 2.07. The summed E-state index contributed by atoms with van der Waals surface area (Å²) in [6, 6.07) is 0. The average molecular weight is 433 g/mol. The van der Waals surface area contributed by atoms with Crippen LogP contribution in [0.2, 0.25) is 0 Å². The van der Waals surface area contributed by atoms with Crippen LogP contribution in [0, 0.1) is 0 Å². The van der Waals surface area contributed by atoms with E-state index < -0.39 is 11.9 Å². The monoisotopic (exact) mass is 433 g/mol. The van der Waals surface area contributed by atoms with Gasteiger partial charge in [-0.2, -0.15) is 4.37 Å². The number of hydrogen-bond acceptors (Lipinski definition) is 11. The molecule has 0 aliphatic carbocycles. The van der Waals surface area contributed by atoms with Crippen molar-refractivity contribution in [3.05, 3.63) is 11.8 Å². The van der Waals surface area contributed by atoms with Crippen molar-refractivity contribution < 1.29 is 93.1 Å². The van der Waals surface area contributed by atoms with Gasteiger partial charge >= 0.3 is 59.1 Å². The third-order valence-electron chi connectivity index (χ3n) is 3.17. The molecular weight excluding hydrogens is 412 g/mol. The molecule has 13 heteroatoms. The van der Waals surface area contributed by atoms with Gasteiger partial charge in [0.05, 0.1) is 43.5 Å². The van der Waals surface area contributed by atoms with Gasteiger partial charge in [0.25, 0.3) is 5.88 Å². The first kappa shape index (κ1) is 30.1. The minimum absolute atomic E-state index is 0. The quantitative estimate of drug-likeness (QED) is 0.221. The van der Waals surface area contributed by atoms with Crippen LogP contribution in [-0.2, 0) is 19.1 Å². The standard InChI is InChI=1S/C13H21N3O3S.C2H2O4.2Na/c1-16-5-3-4-11(10-16)12-13(15-20-14-12)19-9-8-18-7-6-17-2;3-1(4)2(5)6;;/h4H,3,5-10H2,1-2H3;(H,3,4)(H,5,6);;/q;;2*+1/p-2. The summed E-state index contributed by atoms with van der Waals surface area (Å²) in [5, 5.41) is 17.9. The van der Waals surface area contributed by atoms with Gasteiger partial charge in [-0.3, -0.25) is 0 Å². The largest absolute Gasteiger partial charge is 1.00 e. The zero-order valence-corrected chi connectivity index (χ0v) is 21.5. The predicted octanol–water partition coefficient (Wildman–Crippen LogP) is -8.21. The van der Waals surface area contributed by atoms with E-state index in [1.165, 1.54) is 17.3 Å². The number of hydrogen-bond donors (Lipinski definition) is 0. The van der Waals surface area contributed by atoms with Crippen LogP contribution < -0.4 is 74.1 Å². The maximum absolute atomic E-state index is 8.93. The van der Waals surface area contributed by atoms with E-state index in [2.05, 4.69) is 26.8 Å². The number of rotatable bonds is 8. The van der Waals surface area contributed by atoms with E-state index in [0.717, 1.165) is 25.2 Å². The zero-order chi connectivity index (χ0) is 19.4. The van der Waals surface area contributed by atoms with E-state index in [1.54, 1.807) is 7.11 Å². The summed E-state index contributed by atoms with van der Waals surface area (Å²) in [7, 11) is 3.76. The fourth-order valence-corrected chi connectivity index (χ4v) is 2.51. The summed E-state index contributed by atoms with van der Waals surface area (Å²) >= 11 is 1.19. The van der Waals surface area contributed by atoms with Gasteiger partial charge in [-0.05, 0) is 19.0 Å². The molecule has 0 spiro atoms. The van der Waals surface area contributed by atoms with Gasteiger partial charge in [0.1, 0.15) is 12.3 Å². The Hall–Kier alpha value is -0.0800. The molecule has 146 valence electrons. The van der Waals surface area contributed by atoms with Gasteiger partial charge in [-0.25, -0.2) is 0 Å². The van der Waals surface area contributed by atoms with Gasteiger partial charge in [-0.15, -0.1) is 4.37 Å². The van der Waals surface area contributed by atoms with Crippen LogP contribution >= 0.6 is 11.7 Å². The van der Waals surface area contributed by atoms with Crippen molar-refractivity contribution >= 4 is 29.2 Å². The van der Waals surface area contributed by atoms with Crippen LogP contribution in [0.15, 0.2) is 6.08 Å². The van der Waals surface area contributed by atoms with Crippen molar-refractivity contribution in [3.63, 3.8) is 0 Å². The van der Waals surface area contributed by atoms with Crippen molar-refractivity contribution in [1.29, 1.82) is 0 Å². The second-order valence-electron chi connectivity index (χ2n) is 5.20. The normalized spacial score (nSPS) is 13.1. The first-order chi connectivity index (χ1) is 12.5. The van der Waals surface area contributed by atoms with Crippen molar-refractivity contribution in [2.45, 2.75) is 6.42 Å². The van der Waals surface area contributed by atoms with Gasteiger partial charge in [0.2, 0.25) is 0 Å². The molecule has 0 saturated heterocycles. The summed E-state index contributed by atoms with van der Waals surface area (Å²) in [4.78, 5) is 20.1. The van der Waals surface area contributed by atoms with Crippen molar-refractivity contribution in [2.75, 3.05) is 53.7 Å². The molecule has 2 heterocycles. The Kier molecular flexibility index (Phi) is 19.1. The number of likely N-dealkylation sites (N-methyl/N-ethyl adjacent to an activating group) is 1. The molecule has 0 unspecified atom stereocenters. The Morgan fingerprint density at radius 2 is 1.79 bits per heavy atom. The smallest absolute Gasteiger partial charge is 0.543 e. The molecule has 1 aliphatic heterocycles. The molecule has 28 heavy (non-hydrogen) atoms. The van der Waals surface area contributed by atoms with Gasteiger partial charge in [-0.1, -0.05) is 6.08 Å². The second-order valence-corrected chi connectivity index (χ2v) is 5.73. The predicted molar refractivity (Wildman–Crippen MR) is 88.2 cm³/mol. The van der Waals surface area contributed by atoms with Crippen LogP contribution in [0.4, 0.5) is 0 Å². The molecule has 0 radical (unpaired) electrons.